The van der Waals surface area contributed by atoms with Crippen LogP contribution in [0, 0.1) is 0 Å². The molecular weight excluding hydrogens is 507 g/mol. The number of carbonyl (C=O) groups is 1. The number of anilines is 1. The van der Waals surface area contributed by atoms with Crippen LogP contribution in [0.15, 0.2) is 65.6 Å². The summed E-state index contributed by atoms with van der Waals surface area (Å²) in [6, 6.07) is 16.7. The van der Waals surface area contributed by atoms with Gasteiger partial charge in [0.25, 0.3) is 5.91 Å². The number of carbonyl (C=O) groups excluding carboxylic acids is 1. The number of ether oxygens (including phenoxy) is 1. The number of benzene rings is 3. The van der Waals surface area contributed by atoms with Crippen molar-refractivity contribution in [1.29, 1.82) is 0 Å². The number of nitrogens with zero attached hydrogens (tertiary/aromatic N) is 1. The molecule has 4 rings (SSSR count). The Bertz CT molecular complexity index is 1310. The smallest absolute Gasteiger partial charge is 0.262 e. The zero-order valence-electron chi connectivity index (χ0n) is 17.2. The maximum Gasteiger partial charge on any atom is 0.262 e. The molecule has 1 heterocycles. The highest BCUT2D eigenvalue weighted by Crippen LogP contribution is 2.31. The second kappa shape index (κ2) is 9.91. The maximum absolute atomic E-state index is 13.1. The van der Waals surface area contributed by atoms with Gasteiger partial charge in [0.05, 0.1) is 20.6 Å². The molecule has 1 aliphatic rings. The van der Waals surface area contributed by atoms with Gasteiger partial charge in [0.2, 0.25) is 10.0 Å². The Morgan fingerprint density at radius 1 is 0.970 bits per heavy atom. The van der Waals surface area contributed by atoms with Crippen molar-refractivity contribution in [2.45, 2.75) is 17.9 Å². The second-order valence-electron chi connectivity index (χ2n) is 7.41. The Morgan fingerprint density at radius 3 is 2.45 bits per heavy atom. The van der Waals surface area contributed by atoms with Crippen molar-refractivity contribution >= 4 is 56.4 Å². The van der Waals surface area contributed by atoms with E-state index in [1.165, 1.54) is 28.6 Å². The molecular formula is C23H19Cl3N2O4S. The summed E-state index contributed by atoms with van der Waals surface area (Å²) >= 11 is 18.2. The first-order chi connectivity index (χ1) is 15.7. The summed E-state index contributed by atoms with van der Waals surface area (Å²) in [5.41, 5.74) is 2.54. The summed E-state index contributed by atoms with van der Waals surface area (Å²) in [6.45, 7) is 0.359. The minimum Gasteiger partial charge on any atom is -0.482 e. The Hall–Kier alpha value is -2.29. The van der Waals surface area contributed by atoms with Crippen molar-refractivity contribution in [2.75, 3.05) is 18.5 Å². The zero-order chi connectivity index (χ0) is 23.6. The van der Waals surface area contributed by atoms with Gasteiger partial charge in [0.1, 0.15) is 5.75 Å². The van der Waals surface area contributed by atoms with Crippen molar-refractivity contribution < 1.29 is 17.9 Å². The molecule has 0 atom stereocenters. The number of nitrogens with one attached hydrogen (secondary N) is 1. The highest BCUT2D eigenvalue weighted by molar-refractivity contribution is 7.89. The van der Waals surface area contributed by atoms with Crippen LogP contribution in [-0.2, 0) is 27.8 Å². The monoisotopic (exact) mass is 524 g/mol. The lowest BCUT2D eigenvalue weighted by Crippen LogP contribution is -2.35. The minimum absolute atomic E-state index is 0.0663. The highest BCUT2D eigenvalue weighted by atomic mass is 35.5. The lowest BCUT2D eigenvalue weighted by molar-refractivity contribution is -0.118. The predicted octanol–water partition coefficient (Wildman–Crippen LogP) is 5.41. The van der Waals surface area contributed by atoms with E-state index in [4.69, 9.17) is 39.5 Å². The molecule has 0 unspecified atom stereocenters. The van der Waals surface area contributed by atoms with Crippen LogP contribution in [0.25, 0.3) is 0 Å². The van der Waals surface area contributed by atoms with Crippen molar-refractivity contribution in [1.82, 2.24) is 4.31 Å². The molecule has 0 fully saturated rings. The number of amides is 1. The molecule has 0 aromatic heterocycles. The average molecular weight is 526 g/mol. The van der Waals surface area contributed by atoms with E-state index in [0.29, 0.717) is 35.2 Å². The number of hydrogen-bond acceptors (Lipinski definition) is 4. The Kier molecular flexibility index (Phi) is 7.16. The first kappa shape index (κ1) is 23.9. The van der Waals surface area contributed by atoms with Gasteiger partial charge in [-0.05, 0) is 53.9 Å². The first-order valence-electron chi connectivity index (χ1n) is 9.98. The van der Waals surface area contributed by atoms with Crippen LogP contribution in [0.3, 0.4) is 0 Å². The van der Waals surface area contributed by atoms with Crippen molar-refractivity contribution in [3.8, 4) is 5.75 Å². The van der Waals surface area contributed by atoms with Gasteiger partial charge in [0, 0.05) is 18.1 Å². The molecule has 0 spiro atoms. The van der Waals surface area contributed by atoms with E-state index in [1.54, 1.807) is 12.1 Å². The molecule has 0 bridgehead atoms. The third kappa shape index (κ3) is 5.45. The standard InChI is InChI=1S/C23H19Cl3N2O4S/c24-17-5-7-21(19(25)11-17)27-23(29)14-32-22-8-6-18(12-20(22)26)33(30,31)28-10-9-15-3-1-2-4-16(15)13-28/h1-8,11-12H,9-10,13-14H2,(H,27,29). The van der Waals surface area contributed by atoms with E-state index in [2.05, 4.69) is 5.32 Å². The molecule has 3 aromatic rings. The summed E-state index contributed by atoms with van der Waals surface area (Å²) in [5.74, 6) is -0.268. The van der Waals surface area contributed by atoms with Crippen LogP contribution in [0.4, 0.5) is 5.69 Å². The third-order valence-electron chi connectivity index (χ3n) is 5.20. The summed E-state index contributed by atoms with van der Waals surface area (Å²) in [6.07, 6.45) is 0.650. The van der Waals surface area contributed by atoms with Gasteiger partial charge < -0.3 is 10.1 Å². The minimum atomic E-state index is -3.74. The zero-order valence-corrected chi connectivity index (χ0v) is 20.3. The summed E-state index contributed by atoms with van der Waals surface area (Å²) in [5, 5.41) is 3.45. The van der Waals surface area contributed by atoms with Gasteiger partial charge in [-0.2, -0.15) is 4.31 Å². The summed E-state index contributed by atoms with van der Waals surface area (Å²) in [4.78, 5) is 12.3. The van der Waals surface area contributed by atoms with E-state index in [-0.39, 0.29) is 22.3 Å². The number of sulfonamides is 1. The molecule has 3 aromatic carbocycles. The quantitative estimate of drug-likeness (QED) is 0.467. The first-order valence-corrected chi connectivity index (χ1v) is 12.6. The number of fused-ring (bicyclic) bond motifs is 1. The molecule has 33 heavy (non-hydrogen) atoms. The van der Waals surface area contributed by atoms with Crippen LogP contribution in [-0.4, -0.2) is 31.8 Å². The molecule has 0 saturated carbocycles. The molecule has 0 saturated heterocycles. The van der Waals surface area contributed by atoms with Gasteiger partial charge in [-0.1, -0.05) is 59.1 Å². The molecule has 172 valence electrons. The third-order valence-corrected chi connectivity index (χ3v) is 7.89. The Labute approximate surface area is 207 Å². The van der Waals surface area contributed by atoms with Crippen LogP contribution in [0.5, 0.6) is 5.75 Å². The van der Waals surface area contributed by atoms with Crippen LogP contribution in [0.2, 0.25) is 15.1 Å². The van der Waals surface area contributed by atoms with Crippen LogP contribution < -0.4 is 10.1 Å². The fraction of sp³-hybridized carbons (Fsp3) is 0.174. The molecule has 1 N–H and O–H groups in total. The molecule has 0 radical (unpaired) electrons. The predicted molar refractivity (Wildman–Crippen MR) is 130 cm³/mol. The average Bonchev–Trinajstić information content (AvgIpc) is 2.79. The van der Waals surface area contributed by atoms with Crippen LogP contribution in [0.1, 0.15) is 11.1 Å². The lowest BCUT2D eigenvalue weighted by Gasteiger charge is -2.28. The molecule has 0 aliphatic carbocycles. The van der Waals surface area contributed by atoms with Gasteiger partial charge in [-0.15, -0.1) is 0 Å². The van der Waals surface area contributed by atoms with E-state index in [1.807, 2.05) is 24.3 Å². The van der Waals surface area contributed by atoms with Crippen molar-refractivity contribution in [3.05, 3.63) is 86.9 Å². The molecule has 10 heteroatoms. The van der Waals surface area contributed by atoms with Crippen LogP contribution >= 0.6 is 34.8 Å². The molecule has 6 nitrogen and oxygen atoms in total. The molecule has 1 aliphatic heterocycles. The van der Waals surface area contributed by atoms with E-state index < -0.39 is 15.9 Å². The molecule has 1 amide bonds. The normalized spacial score (nSPS) is 13.9. The van der Waals surface area contributed by atoms with Gasteiger partial charge in [0.15, 0.2) is 6.61 Å². The topological polar surface area (TPSA) is 75.7 Å². The van der Waals surface area contributed by atoms with E-state index >= 15 is 0 Å². The summed E-state index contributed by atoms with van der Waals surface area (Å²) in [7, 11) is -3.74. The maximum atomic E-state index is 13.1. The number of rotatable bonds is 6. The Balaban J connectivity index is 1.42. The second-order valence-corrected chi connectivity index (χ2v) is 10.6. The summed E-state index contributed by atoms with van der Waals surface area (Å²) < 4.78 is 33.2. The Morgan fingerprint density at radius 2 is 1.73 bits per heavy atom. The SMILES string of the molecule is O=C(COc1ccc(S(=O)(=O)N2CCc3ccccc3C2)cc1Cl)Nc1ccc(Cl)cc1Cl. The van der Waals surface area contributed by atoms with Crippen molar-refractivity contribution in [2.24, 2.45) is 0 Å². The largest absolute Gasteiger partial charge is 0.482 e. The van der Waals surface area contributed by atoms with E-state index in [9.17, 15) is 13.2 Å². The fourth-order valence-corrected chi connectivity index (χ4v) is 5.70. The fourth-order valence-electron chi connectivity index (χ4n) is 3.50. The van der Waals surface area contributed by atoms with Crippen molar-refractivity contribution in [3.63, 3.8) is 0 Å². The van der Waals surface area contributed by atoms with E-state index in [0.717, 1.165) is 11.1 Å². The number of halogens is 3. The number of hydrogen-bond donors (Lipinski definition) is 1. The van der Waals surface area contributed by atoms with Gasteiger partial charge in [-0.3, -0.25) is 4.79 Å². The lowest BCUT2D eigenvalue weighted by atomic mass is 10.0. The van der Waals surface area contributed by atoms with Gasteiger partial charge >= 0.3 is 0 Å². The highest BCUT2D eigenvalue weighted by Gasteiger charge is 2.28. The van der Waals surface area contributed by atoms with Gasteiger partial charge in [-0.25, -0.2) is 8.42 Å².